The number of rotatable bonds is 2. The van der Waals surface area contributed by atoms with E-state index >= 15 is 0 Å². The van der Waals surface area contributed by atoms with E-state index in [-0.39, 0.29) is 5.41 Å². The van der Waals surface area contributed by atoms with Crippen molar-refractivity contribution < 1.29 is 0 Å². The molecular formula is C15H24N2S. The molecule has 1 heterocycles. The summed E-state index contributed by atoms with van der Waals surface area (Å²) in [5.41, 5.74) is 7.95. The van der Waals surface area contributed by atoms with Crippen molar-refractivity contribution in [3.05, 3.63) is 15.6 Å². The van der Waals surface area contributed by atoms with Crippen molar-refractivity contribution in [2.24, 2.45) is 11.1 Å². The largest absolute Gasteiger partial charge is 0.330 e. The van der Waals surface area contributed by atoms with E-state index in [9.17, 15) is 0 Å². The second kappa shape index (κ2) is 4.31. The zero-order valence-corrected chi connectivity index (χ0v) is 12.4. The van der Waals surface area contributed by atoms with E-state index in [0.717, 1.165) is 0 Å². The highest BCUT2D eigenvalue weighted by Gasteiger charge is 2.39. The van der Waals surface area contributed by atoms with Crippen LogP contribution in [0.25, 0.3) is 0 Å². The van der Waals surface area contributed by atoms with Crippen molar-refractivity contribution >= 4 is 11.3 Å². The first-order chi connectivity index (χ1) is 8.55. The minimum absolute atomic E-state index is 0.0465. The fourth-order valence-electron chi connectivity index (χ4n) is 3.46. The van der Waals surface area contributed by atoms with Crippen LogP contribution in [0.4, 0.5) is 0 Å². The maximum atomic E-state index is 5.88. The molecule has 1 aromatic rings. The molecule has 0 aromatic carbocycles. The maximum Gasteiger partial charge on any atom is 0.1000 e. The summed E-state index contributed by atoms with van der Waals surface area (Å²) in [6.45, 7) is 5.11. The van der Waals surface area contributed by atoms with Gasteiger partial charge in [-0.1, -0.05) is 26.7 Å². The molecule has 0 radical (unpaired) electrons. The van der Waals surface area contributed by atoms with Crippen LogP contribution in [-0.4, -0.2) is 11.5 Å². The second-order valence-electron chi connectivity index (χ2n) is 6.86. The van der Waals surface area contributed by atoms with E-state index in [2.05, 4.69) is 13.8 Å². The number of fused-ring (bicyclic) bond motifs is 1. The van der Waals surface area contributed by atoms with Gasteiger partial charge in [-0.3, -0.25) is 0 Å². The molecule has 3 rings (SSSR count). The molecule has 0 aliphatic heterocycles. The molecule has 2 N–H and O–H groups in total. The molecule has 1 spiro atoms. The highest BCUT2D eigenvalue weighted by molar-refractivity contribution is 7.11. The van der Waals surface area contributed by atoms with Gasteiger partial charge in [-0.05, 0) is 37.5 Å². The van der Waals surface area contributed by atoms with Gasteiger partial charge in [0.15, 0.2) is 0 Å². The lowest BCUT2D eigenvalue weighted by Crippen LogP contribution is -2.28. The van der Waals surface area contributed by atoms with Crippen molar-refractivity contribution in [1.29, 1.82) is 0 Å². The van der Waals surface area contributed by atoms with E-state index in [1.807, 2.05) is 11.3 Å². The van der Waals surface area contributed by atoms with E-state index in [0.29, 0.717) is 12.0 Å². The molecule has 0 saturated heterocycles. The normalized spacial score (nSPS) is 22.4. The first-order valence-electron chi connectivity index (χ1n) is 7.24. The topological polar surface area (TPSA) is 38.9 Å². The minimum Gasteiger partial charge on any atom is -0.330 e. The summed E-state index contributed by atoms with van der Waals surface area (Å²) in [4.78, 5) is 6.46. The summed E-state index contributed by atoms with van der Waals surface area (Å²) >= 11 is 1.94. The van der Waals surface area contributed by atoms with Gasteiger partial charge in [0.25, 0.3) is 0 Å². The zero-order chi connectivity index (χ0) is 12.8. The molecule has 0 bridgehead atoms. The summed E-state index contributed by atoms with van der Waals surface area (Å²) < 4.78 is 0. The highest BCUT2D eigenvalue weighted by atomic mass is 32.1. The Bertz CT molecular complexity index is 441. The Morgan fingerprint density at radius 2 is 2.00 bits per heavy atom. The Labute approximate surface area is 114 Å². The number of nitrogens with two attached hydrogens (primary N) is 1. The molecule has 1 aromatic heterocycles. The Morgan fingerprint density at radius 3 is 2.67 bits per heavy atom. The van der Waals surface area contributed by atoms with Crippen molar-refractivity contribution in [3.8, 4) is 0 Å². The Hall–Kier alpha value is -0.410. The van der Waals surface area contributed by atoms with Gasteiger partial charge in [0, 0.05) is 16.8 Å². The van der Waals surface area contributed by atoms with Crippen molar-refractivity contribution in [2.75, 3.05) is 6.54 Å². The van der Waals surface area contributed by atoms with Crippen molar-refractivity contribution in [1.82, 2.24) is 4.98 Å². The predicted molar refractivity (Wildman–Crippen MR) is 77.1 cm³/mol. The van der Waals surface area contributed by atoms with Crippen LogP contribution in [0.1, 0.15) is 61.5 Å². The molecule has 100 valence electrons. The van der Waals surface area contributed by atoms with Crippen LogP contribution in [-0.2, 0) is 18.3 Å². The van der Waals surface area contributed by atoms with Crippen LogP contribution in [0.3, 0.4) is 0 Å². The van der Waals surface area contributed by atoms with Crippen molar-refractivity contribution in [2.45, 2.75) is 64.2 Å². The third-order valence-electron chi connectivity index (χ3n) is 4.96. The van der Waals surface area contributed by atoms with Gasteiger partial charge in [-0.15, -0.1) is 11.3 Å². The van der Waals surface area contributed by atoms with Crippen LogP contribution >= 0.6 is 11.3 Å². The van der Waals surface area contributed by atoms with Gasteiger partial charge in [-0.2, -0.15) is 0 Å². The minimum atomic E-state index is 0.0465. The average Bonchev–Trinajstić information content (AvgIpc) is 2.96. The summed E-state index contributed by atoms with van der Waals surface area (Å²) in [6.07, 6.45) is 9.63. The van der Waals surface area contributed by atoms with Gasteiger partial charge >= 0.3 is 0 Å². The standard InChI is InChI=1S/C15H24N2S/c1-14(2,10-16)13-17-11-5-8-15(6-3-4-7-15)9-12(11)18-13/h3-10,16H2,1-2H3. The molecule has 2 aliphatic rings. The summed E-state index contributed by atoms with van der Waals surface area (Å²) in [6, 6.07) is 0. The fraction of sp³-hybridized carbons (Fsp3) is 0.800. The lowest BCUT2D eigenvalue weighted by molar-refractivity contribution is 0.256. The van der Waals surface area contributed by atoms with Gasteiger partial charge in [0.05, 0.1) is 10.7 Å². The summed E-state index contributed by atoms with van der Waals surface area (Å²) in [7, 11) is 0. The van der Waals surface area contributed by atoms with Gasteiger partial charge in [0.1, 0.15) is 0 Å². The Balaban J connectivity index is 1.88. The van der Waals surface area contributed by atoms with Crippen LogP contribution in [0.2, 0.25) is 0 Å². The fourth-order valence-corrected chi connectivity index (χ4v) is 4.85. The SMILES string of the molecule is CC(C)(CN)c1nc2c(s1)CC1(CCCC1)CC2. The molecule has 0 amide bonds. The van der Waals surface area contributed by atoms with E-state index in [1.165, 1.54) is 55.6 Å². The third-order valence-corrected chi connectivity index (χ3v) is 6.42. The predicted octanol–water partition coefficient (Wildman–Crippen LogP) is 3.43. The monoisotopic (exact) mass is 264 g/mol. The van der Waals surface area contributed by atoms with E-state index in [4.69, 9.17) is 10.7 Å². The first-order valence-corrected chi connectivity index (χ1v) is 8.06. The smallest absolute Gasteiger partial charge is 0.1000 e. The first kappa shape index (κ1) is 12.6. The molecule has 18 heavy (non-hydrogen) atoms. The zero-order valence-electron chi connectivity index (χ0n) is 11.6. The summed E-state index contributed by atoms with van der Waals surface area (Å²) in [5, 5.41) is 1.25. The molecule has 2 nitrogen and oxygen atoms in total. The van der Waals surface area contributed by atoms with E-state index < -0.39 is 0 Å². The number of hydrogen-bond acceptors (Lipinski definition) is 3. The van der Waals surface area contributed by atoms with Gasteiger partial charge in [-0.25, -0.2) is 4.98 Å². The number of aromatic nitrogens is 1. The average molecular weight is 264 g/mol. The Kier molecular flexibility index (Phi) is 3.02. The lowest BCUT2D eigenvalue weighted by Gasteiger charge is -2.32. The third kappa shape index (κ3) is 2.01. The molecule has 0 unspecified atom stereocenters. The molecule has 0 atom stereocenters. The van der Waals surface area contributed by atoms with Crippen LogP contribution in [0.15, 0.2) is 0 Å². The number of thiazole rings is 1. The van der Waals surface area contributed by atoms with E-state index in [1.54, 1.807) is 4.88 Å². The Morgan fingerprint density at radius 1 is 1.28 bits per heavy atom. The summed E-state index contributed by atoms with van der Waals surface area (Å²) in [5.74, 6) is 0. The molecule has 2 aliphatic carbocycles. The van der Waals surface area contributed by atoms with Crippen LogP contribution < -0.4 is 5.73 Å². The van der Waals surface area contributed by atoms with Crippen LogP contribution in [0, 0.1) is 5.41 Å². The lowest BCUT2D eigenvalue weighted by atomic mass is 9.74. The molecule has 3 heteroatoms. The van der Waals surface area contributed by atoms with Gasteiger partial charge in [0.2, 0.25) is 0 Å². The number of nitrogens with zero attached hydrogens (tertiary/aromatic N) is 1. The molecular weight excluding hydrogens is 240 g/mol. The van der Waals surface area contributed by atoms with Crippen molar-refractivity contribution in [3.63, 3.8) is 0 Å². The molecule has 1 saturated carbocycles. The van der Waals surface area contributed by atoms with Crippen LogP contribution in [0.5, 0.6) is 0 Å². The molecule has 1 fully saturated rings. The second-order valence-corrected chi connectivity index (χ2v) is 7.94. The quantitative estimate of drug-likeness (QED) is 0.889. The number of aryl methyl sites for hydroxylation is 1. The maximum absolute atomic E-state index is 5.88. The highest BCUT2D eigenvalue weighted by Crippen LogP contribution is 2.49. The van der Waals surface area contributed by atoms with Gasteiger partial charge < -0.3 is 5.73 Å². The number of hydrogen-bond donors (Lipinski definition) is 1.